The zero-order chi connectivity index (χ0) is 28.8. The van der Waals surface area contributed by atoms with Gasteiger partial charge in [0.1, 0.15) is 5.75 Å². The van der Waals surface area contributed by atoms with E-state index in [1.807, 2.05) is 24.5 Å². The Balaban J connectivity index is 1.19. The lowest BCUT2D eigenvalue weighted by Gasteiger charge is -2.32. The monoisotopic (exact) mass is 574 g/mol. The van der Waals surface area contributed by atoms with Crippen molar-refractivity contribution in [2.24, 2.45) is 5.41 Å². The van der Waals surface area contributed by atoms with Gasteiger partial charge in [-0.25, -0.2) is 8.42 Å². The maximum atomic E-state index is 14.0. The number of nitrogens with zero attached hydrogens (tertiary/aromatic N) is 4. The third-order valence-corrected chi connectivity index (χ3v) is 11.2. The quantitative estimate of drug-likeness (QED) is 0.381. The number of methoxy groups -OCH3 is 1. The highest BCUT2D eigenvalue weighted by Crippen LogP contribution is 2.41. The van der Waals surface area contributed by atoms with Crippen molar-refractivity contribution in [1.82, 2.24) is 9.88 Å². The molecule has 2 fully saturated rings. The maximum Gasteiger partial charge on any atom is 0.264 e. The van der Waals surface area contributed by atoms with Gasteiger partial charge in [0.2, 0.25) is 0 Å². The molecule has 3 aliphatic rings. The Hall–Kier alpha value is -3.43. The molecule has 4 heterocycles. The number of Topliss-reactive ketones (excluding diaryl/α,β-unsaturated/α-hetero) is 1. The number of rotatable bonds is 7. The molecule has 0 amide bonds. The molecule has 0 saturated carbocycles. The zero-order valence-corrected chi connectivity index (χ0v) is 24.9. The van der Waals surface area contributed by atoms with Gasteiger partial charge in [0.05, 0.1) is 24.2 Å². The van der Waals surface area contributed by atoms with Crippen molar-refractivity contribution in [1.29, 1.82) is 0 Å². The fraction of sp³-hybridized carbons (Fsp3) is 0.438. The topological polar surface area (TPSA) is 83.0 Å². The summed E-state index contributed by atoms with van der Waals surface area (Å²) in [6, 6.07) is 13.2. The van der Waals surface area contributed by atoms with Gasteiger partial charge < -0.3 is 9.64 Å². The summed E-state index contributed by atoms with van der Waals surface area (Å²) in [5, 5.41) is 0. The van der Waals surface area contributed by atoms with E-state index in [1.165, 1.54) is 9.99 Å². The summed E-state index contributed by atoms with van der Waals surface area (Å²) in [5.41, 5.74) is 4.87. The average molecular weight is 575 g/mol. The van der Waals surface area contributed by atoms with Gasteiger partial charge in [0.15, 0.2) is 5.78 Å². The lowest BCUT2D eigenvalue weighted by atomic mass is 9.86. The lowest BCUT2D eigenvalue weighted by molar-refractivity contribution is 0.0939. The molecule has 8 nitrogen and oxygen atoms in total. The van der Waals surface area contributed by atoms with Crippen LogP contribution in [0, 0.1) is 19.3 Å². The van der Waals surface area contributed by atoms with E-state index < -0.39 is 10.0 Å². The molecule has 216 valence electrons. The van der Waals surface area contributed by atoms with Gasteiger partial charge in [-0.1, -0.05) is 12.1 Å². The Morgan fingerprint density at radius 3 is 2.44 bits per heavy atom. The molecule has 41 heavy (non-hydrogen) atoms. The van der Waals surface area contributed by atoms with E-state index in [1.54, 1.807) is 39.2 Å². The van der Waals surface area contributed by atoms with Gasteiger partial charge >= 0.3 is 0 Å². The molecule has 1 aromatic heterocycles. The van der Waals surface area contributed by atoms with Crippen LogP contribution in [-0.4, -0.2) is 70.5 Å². The van der Waals surface area contributed by atoms with Gasteiger partial charge in [-0.15, -0.1) is 0 Å². The molecule has 1 spiro atoms. The number of hydrogen-bond donors (Lipinski definition) is 0. The molecule has 1 unspecified atom stereocenters. The van der Waals surface area contributed by atoms with Gasteiger partial charge in [0, 0.05) is 55.2 Å². The summed E-state index contributed by atoms with van der Waals surface area (Å²) < 4.78 is 34.9. The summed E-state index contributed by atoms with van der Waals surface area (Å²) in [6.45, 7) is 8.16. The zero-order valence-electron chi connectivity index (χ0n) is 24.1. The molecule has 0 bridgehead atoms. The number of carbonyl (C=O) groups excluding carboxylic acids is 1. The van der Waals surface area contributed by atoms with Crippen molar-refractivity contribution in [3.8, 4) is 5.75 Å². The summed E-state index contributed by atoms with van der Waals surface area (Å²) >= 11 is 0. The van der Waals surface area contributed by atoms with Crippen LogP contribution in [0.15, 0.2) is 59.8 Å². The fourth-order valence-corrected chi connectivity index (χ4v) is 8.96. The first kappa shape index (κ1) is 27.7. The molecular weight excluding hydrogens is 536 g/mol. The number of aromatic nitrogens is 1. The Bertz CT molecular complexity index is 1550. The van der Waals surface area contributed by atoms with Crippen molar-refractivity contribution >= 4 is 27.2 Å². The number of carbonyl (C=O) groups is 1. The van der Waals surface area contributed by atoms with Crippen LogP contribution in [0.4, 0.5) is 11.4 Å². The van der Waals surface area contributed by atoms with Crippen LogP contribution < -0.4 is 13.9 Å². The van der Waals surface area contributed by atoms with E-state index in [-0.39, 0.29) is 11.2 Å². The van der Waals surface area contributed by atoms with Crippen molar-refractivity contribution < 1.29 is 17.9 Å². The van der Waals surface area contributed by atoms with Crippen molar-refractivity contribution in [3.05, 3.63) is 77.1 Å². The van der Waals surface area contributed by atoms with Crippen LogP contribution in [0.5, 0.6) is 5.75 Å². The smallest absolute Gasteiger partial charge is 0.264 e. The minimum Gasteiger partial charge on any atom is -0.497 e. The molecule has 3 aromatic rings. The van der Waals surface area contributed by atoms with E-state index in [4.69, 9.17) is 4.74 Å². The third-order valence-electron chi connectivity index (χ3n) is 9.05. The average Bonchev–Trinajstić information content (AvgIpc) is 3.57. The number of anilines is 2. The number of sulfonamides is 1. The molecule has 9 heteroatoms. The minimum atomic E-state index is -3.82. The van der Waals surface area contributed by atoms with Crippen LogP contribution in [0.1, 0.15) is 46.3 Å². The summed E-state index contributed by atoms with van der Waals surface area (Å²) in [5.74, 6) is 0.672. The van der Waals surface area contributed by atoms with Gasteiger partial charge in [-0.2, -0.15) is 0 Å². The van der Waals surface area contributed by atoms with Gasteiger partial charge in [0.25, 0.3) is 10.0 Å². The molecule has 0 N–H and O–H groups in total. The Morgan fingerprint density at radius 2 is 1.71 bits per heavy atom. The molecule has 1 atom stereocenters. The standard InChI is InChI=1S/C32H38N4O4S/c1-23-17-28(40-3)18-24(2)31(23)41(38,39)36-14-4-5-25-6-7-26(19-29(25)36)30(37)20-34-15-10-32(21-34)11-16-35(22-32)27-8-12-33-13-9-27/h6-9,12-13,17-19H,4-5,10-11,14-16,20-22H2,1-3H3. The predicted molar refractivity (Wildman–Crippen MR) is 161 cm³/mol. The van der Waals surface area contributed by atoms with Crippen LogP contribution in [-0.2, 0) is 16.4 Å². The van der Waals surface area contributed by atoms with E-state index in [0.29, 0.717) is 46.1 Å². The second-order valence-corrected chi connectivity index (χ2v) is 13.7. The van der Waals surface area contributed by atoms with Crippen LogP contribution in [0.25, 0.3) is 0 Å². The number of hydrogen-bond acceptors (Lipinski definition) is 7. The number of aryl methyl sites for hydroxylation is 3. The number of ketones is 1. The van der Waals surface area contributed by atoms with Gasteiger partial charge in [-0.3, -0.25) is 19.0 Å². The Labute approximate surface area is 243 Å². The molecule has 2 aromatic carbocycles. The number of benzene rings is 2. The second kappa shape index (κ2) is 10.8. The lowest BCUT2D eigenvalue weighted by Crippen LogP contribution is -2.36. The predicted octanol–water partition coefficient (Wildman–Crippen LogP) is 4.63. The first-order valence-electron chi connectivity index (χ1n) is 14.4. The summed E-state index contributed by atoms with van der Waals surface area (Å²) in [4.78, 5) is 22.7. The Kier molecular flexibility index (Phi) is 7.28. The highest BCUT2D eigenvalue weighted by molar-refractivity contribution is 7.93. The number of pyridine rings is 1. The van der Waals surface area contributed by atoms with E-state index in [9.17, 15) is 13.2 Å². The molecule has 2 saturated heterocycles. The van der Waals surface area contributed by atoms with E-state index in [0.717, 1.165) is 57.4 Å². The molecule has 0 aliphatic carbocycles. The van der Waals surface area contributed by atoms with Gasteiger partial charge in [-0.05, 0) is 93.1 Å². The minimum absolute atomic E-state index is 0.0357. The van der Waals surface area contributed by atoms with Crippen LogP contribution >= 0.6 is 0 Å². The number of fused-ring (bicyclic) bond motifs is 1. The first-order chi connectivity index (χ1) is 19.7. The van der Waals surface area contributed by atoms with Crippen LogP contribution in [0.3, 0.4) is 0 Å². The first-order valence-corrected chi connectivity index (χ1v) is 15.8. The summed E-state index contributed by atoms with van der Waals surface area (Å²) in [6.07, 6.45) is 7.40. The highest BCUT2D eigenvalue weighted by atomic mass is 32.2. The molecule has 0 radical (unpaired) electrons. The fourth-order valence-electron chi connectivity index (χ4n) is 7.01. The summed E-state index contributed by atoms with van der Waals surface area (Å²) in [7, 11) is -2.24. The maximum absolute atomic E-state index is 14.0. The van der Waals surface area contributed by atoms with Crippen molar-refractivity contribution in [2.45, 2.75) is 44.4 Å². The van der Waals surface area contributed by atoms with E-state index in [2.05, 4.69) is 26.9 Å². The molecular formula is C32H38N4O4S. The van der Waals surface area contributed by atoms with E-state index >= 15 is 0 Å². The Morgan fingerprint density at radius 1 is 0.976 bits per heavy atom. The normalized spacial score (nSPS) is 21.0. The SMILES string of the molecule is COc1cc(C)c(S(=O)(=O)N2CCCc3ccc(C(=O)CN4CCC5(CCN(c6ccncc6)C5)C4)cc32)c(C)c1. The molecule has 6 rings (SSSR count). The molecule has 3 aliphatic heterocycles. The highest BCUT2D eigenvalue weighted by Gasteiger charge is 2.44. The number of likely N-dealkylation sites (tertiary alicyclic amines) is 1. The second-order valence-electron chi connectivity index (χ2n) is 11.9. The van der Waals surface area contributed by atoms with Crippen molar-refractivity contribution in [2.75, 3.05) is 55.6 Å². The third kappa shape index (κ3) is 5.21. The largest absolute Gasteiger partial charge is 0.497 e. The number of ether oxygens (including phenoxy) is 1. The van der Waals surface area contributed by atoms with Crippen molar-refractivity contribution in [3.63, 3.8) is 0 Å². The van der Waals surface area contributed by atoms with Crippen LogP contribution in [0.2, 0.25) is 0 Å².